The van der Waals surface area contributed by atoms with E-state index in [0.717, 1.165) is 11.4 Å². The van der Waals surface area contributed by atoms with E-state index < -0.39 is 0 Å². The summed E-state index contributed by atoms with van der Waals surface area (Å²) in [6.45, 7) is 4.80. The van der Waals surface area contributed by atoms with Crippen LogP contribution in [0.2, 0.25) is 0 Å². The van der Waals surface area contributed by atoms with E-state index >= 15 is 0 Å². The van der Waals surface area contributed by atoms with Crippen LogP contribution in [0.1, 0.15) is 19.5 Å². The van der Waals surface area contributed by atoms with Gasteiger partial charge in [0.15, 0.2) is 16.1 Å². The quantitative estimate of drug-likeness (QED) is 0.410. The average Bonchev–Trinajstić information content (AvgIpc) is 3.33. The first kappa shape index (κ1) is 21.0. The Balaban J connectivity index is 1.57. The number of aromatic nitrogens is 4. The van der Waals surface area contributed by atoms with Gasteiger partial charge in [0.2, 0.25) is 5.91 Å². The van der Waals surface area contributed by atoms with Crippen molar-refractivity contribution in [2.45, 2.75) is 32.0 Å². The molecule has 0 aliphatic rings. The number of carbonyl (C=O) groups excluding carboxylic acids is 2. The number of ether oxygens (including phenoxy) is 1. The van der Waals surface area contributed by atoms with Crippen LogP contribution >= 0.6 is 23.1 Å². The first-order valence-corrected chi connectivity index (χ1v) is 11.0. The van der Waals surface area contributed by atoms with Crippen molar-refractivity contribution in [3.05, 3.63) is 41.4 Å². The fraction of sp³-hybridized carbons (Fsp3) is 0.316. The highest BCUT2D eigenvalue weighted by Gasteiger charge is 2.15. The first-order chi connectivity index (χ1) is 14.1. The van der Waals surface area contributed by atoms with Gasteiger partial charge in [-0.15, -0.1) is 21.5 Å². The minimum atomic E-state index is -0.334. The van der Waals surface area contributed by atoms with Gasteiger partial charge in [0.25, 0.3) is 0 Å². The Hall–Kier alpha value is -2.72. The smallest absolute Gasteiger partial charge is 0.311 e. The molecular weight excluding hydrogens is 410 g/mol. The summed E-state index contributed by atoms with van der Waals surface area (Å²) in [5, 5.41) is 14.1. The van der Waals surface area contributed by atoms with Crippen LogP contribution in [0.3, 0.4) is 0 Å². The van der Waals surface area contributed by atoms with Crippen LogP contribution < -0.4 is 5.32 Å². The number of benzene rings is 1. The summed E-state index contributed by atoms with van der Waals surface area (Å²) in [4.78, 5) is 28.0. The third-order valence-electron chi connectivity index (χ3n) is 3.83. The van der Waals surface area contributed by atoms with Crippen LogP contribution in [-0.2, 0) is 27.3 Å². The molecule has 10 heteroatoms. The van der Waals surface area contributed by atoms with E-state index in [2.05, 4.69) is 20.5 Å². The standard InChI is InChI=1S/C19H21N5O3S2/c1-3-24-17(13-8-6-5-7-9-13)22-23-19(24)29-12-15(25)21-18-20-14(11-28-18)10-16(26)27-4-2/h5-9,11H,3-4,10,12H2,1-2H3,(H,20,21,25). The normalized spacial score (nSPS) is 10.7. The van der Waals surface area contributed by atoms with Crippen molar-refractivity contribution < 1.29 is 14.3 Å². The zero-order valence-corrected chi connectivity index (χ0v) is 17.8. The van der Waals surface area contributed by atoms with Crippen LogP contribution in [0, 0.1) is 0 Å². The van der Waals surface area contributed by atoms with Crippen molar-refractivity contribution in [2.75, 3.05) is 17.7 Å². The van der Waals surface area contributed by atoms with Crippen molar-refractivity contribution in [2.24, 2.45) is 0 Å². The van der Waals surface area contributed by atoms with Gasteiger partial charge < -0.3 is 14.6 Å². The summed E-state index contributed by atoms with van der Waals surface area (Å²) in [7, 11) is 0. The molecule has 8 nitrogen and oxygen atoms in total. The molecule has 0 saturated carbocycles. The zero-order valence-electron chi connectivity index (χ0n) is 16.1. The molecule has 2 heterocycles. The molecule has 2 aromatic heterocycles. The molecule has 29 heavy (non-hydrogen) atoms. The van der Waals surface area contributed by atoms with Crippen LogP contribution in [0.4, 0.5) is 5.13 Å². The number of carbonyl (C=O) groups is 2. The summed E-state index contributed by atoms with van der Waals surface area (Å²) in [6.07, 6.45) is 0.0941. The minimum Gasteiger partial charge on any atom is -0.466 e. The van der Waals surface area contributed by atoms with E-state index in [0.29, 0.717) is 29.1 Å². The number of hydrogen-bond donors (Lipinski definition) is 1. The minimum absolute atomic E-state index is 0.0941. The number of thioether (sulfide) groups is 1. The molecule has 3 rings (SSSR count). The van der Waals surface area contributed by atoms with E-state index in [4.69, 9.17) is 4.74 Å². The molecule has 0 spiro atoms. The molecule has 1 amide bonds. The van der Waals surface area contributed by atoms with Gasteiger partial charge in [0.1, 0.15) is 0 Å². The number of hydrogen-bond acceptors (Lipinski definition) is 8. The number of thiazole rings is 1. The van der Waals surface area contributed by atoms with Crippen molar-refractivity contribution in [1.82, 2.24) is 19.7 Å². The molecule has 0 saturated heterocycles. The summed E-state index contributed by atoms with van der Waals surface area (Å²) in [6, 6.07) is 9.82. The van der Waals surface area contributed by atoms with E-state index in [9.17, 15) is 9.59 Å². The number of anilines is 1. The molecule has 0 aliphatic heterocycles. The molecule has 1 aromatic carbocycles. The summed E-state index contributed by atoms with van der Waals surface area (Å²) in [5.74, 6) is 0.428. The SMILES string of the molecule is CCOC(=O)Cc1csc(NC(=O)CSc2nnc(-c3ccccc3)n2CC)n1. The predicted octanol–water partition coefficient (Wildman–Crippen LogP) is 3.26. The second-order valence-electron chi connectivity index (χ2n) is 5.88. The Morgan fingerprint density at radius 2 is 2.00 bits per heavy atom. The third-order valence-corrected chi connectivity index (χ3v) is 5.60. The van der Waals surface area contributed by atoms with Gasteiger partial charge in [-0.05, 0) is 13.8 Å². The van der Waals surface area contributed by atoms with Gasteiger partial charge in [-0.3, -0.25) is 9.59 Å². The maximum absolute atomic E-state index is 12.3. The molecule has 3 aromatic rings. The van der Waals surface area contributed by atoms with Crippen LogP contribution in [0.25, 0.3) is 11.4 Å². The Kier molecular flexibility index (Phi) is 7.36. The Morgan fingerprint density at radius 3 is 2.72 bits per heavy atom. The summed E-state index contributed by atoms with van der Waals surface area (Å²) in [5.41, 5.74) is 1.56. The lowest BCUT2D eigenvalue weighted by atomic mass is 10.2. The molecule has 0 atom stereocenters. The highest BCUT2D eigenvalue weighted by Crippen LogP contribution is 2.24. The number of rotatable bonds is 9. The van der Waals surface area contributed by atoms with Crippen molar-refractivity contribution in [3.8, 4) is 11.4 Å². The number of amides is 1. The molecule has 0 fully saturated rings. The Morgan fingerprint density at radius 1 is 1.21 bits per heavy atom. The molecule has 1 N–H and O–H groups in total. The lowest BCUT2D eigenvalue weighted by molar-refractivity contribution is -0.142. The van der Waals surface area contributed by atoms with Gasteiger partial charge in [-0.1, -0.05) is 42.1 Å². The fourth-order valence-electron chi connectivity index (χ4n) is 2.57. The maximum Gasteiger partial charge on any atom is 0.311 e. The van der Waals surface area contributed by atoms with E-state index in [-0.39, 0.29) is 24.1 Å². The zero-order chi connectivity index (χ0) is 20.6. The first-order valence-electron chi connectivity index (χ1n) is 9.12. The molecule has 0 unspecified atom stereocenters. The molecule has 0 radical (unpaired) electrons. The van der Waals surface area contributed by atoms with Crippen molar-refractivity contribution >= 4 is 40.1 Å². The topological polar surface area (TPSA) is 99.0 Å². The third kappa shape index (κ3) is 5.64. The molecular formula is C19H21N5O3S2. The lowest BCUT2D eigenvalue weighted by Crippen LogP contribution is -2.15. The highest BCUT2D eigenvalue weighted by atomic mass is 32.2. The van der Waals surface area contributed by atoms with E-state index in [1.165, 1.54) is 23.1 Å². The van der Waals surface area contributed by atoms with Crippen LogP contribution in [0.15, 0.2) is 40.9 Å². The average molecular weight is 432 g/mol. The maximum atomic E-state index is 12.3. The summed E-state index contributed by atoms with van der Waals surface area (Å²) < 4.78 is 6.88. The Labute approximate surface area is 176 Å². The monoisotopic (exact) mass is 431 g/mol. The van der Waals surface area contributed by atoms with Crippen LogP contribution in [0.5, 0.6) is 0 Å². The summed E-state index contributed by atoms with van der Waals surface area (Å²) >= 11 is 2.59. The number of esters is 1. The fourth-order valence-corrected chi connectivity index (χ4v) is 4.10. The van der Waals surface area contributed by atoms with Crippen LogP contribution in [-0.4, -0.2) is 44.0 Å². The lowest BCUT2D eigenvalue weighted by Gasteiger charge is -2.07. The predicted molar refractivity (Wildman–Crippen MR) is 113 cm³/mol. The second-order valence-corrected chi connectivity index (χ2v) is 7.68. The van der Waals surface area contributed by atoms with Gasteiger partial charge >= 0.3 is 5.97 Å². The van der Waals surface area contributed by atoms with Crippen molar-refractivity contribution in [3.63, 3.8) is 0 Å². The van der Waals surface area contributed by atoms with Gasteiger partial charge in [-0.25, -0.2) is 4.98 Å². The largest absolute Gasteiger partial charge is 0.466 e. The number of nitrogens with one attached hydrogen (secondary N) is 1. The highest BCUT2D eigenvalue weighted by molar-refractivity contribution is 7.99. The van der Waals surface area contributed by atoms with Gasteiger partial charge in [-0.2, -0.15) is 0 Å². The Bertz CT molecular complexity index is 971. The molecule has 0 bridgehead atoms. The van der Waals surface area contributed by atoms with Gasteiger partial charge in [0.05, 0.1) is 24.5 Å². The number of nitrogens with zero attached hydrogens (tertiary/aromatic N) is 4. The second kappa shape index (κ2) is 10.2. The molecule has 0 aliphatic carbocycles. The molecule has 152 valence electrons. The van der Waals surface area contributed by atoms with Gasteiger partial charge in [0, 0.05) is 17.5 Å². The van der Waals surface area contributed by atoms with Crippen molar-refractivity contribution in [1.29, 1.82) is 0 Å². The van der Waals surface area contributed by atoms with E-state index in [1.54, 1.807) is 12.3 Å². The van der Waals surface area contributed by atoms with E-state index in [1.807, 2.05) is 41.8 Å².